The Bertz CT molecular complexity index is 114. The Balaban J connectivity index is 3.22. The van der Waals surface area contributed by atoms with Crippen molar-refractivity contribution in [3.8, 4) is 0 Å². The molecule has 0 aliphatic heterocycles. The summed E-state index contributed by atoms with van der Waals surface area (Å²) in [5.41, 5.74) is 0. The molecule has 74 valence electrons. The normalized spacial score (nSPS) is 14.8. The van der Waals surface area contributed by atoms with Crippen molar-refractivity contribution in [1.82, 2.24) is 0 Å². The molecule has 0 fully saturated rings. The lowest BCUT2D eigenvalue weighted by molar-refractivity contribution is -0.870. The first-order chi connectivity index (χ1) is 5.45. The molecule has 1 N–H and O–H groups in total. The van der Waals surface area contributed by atoms with E-state index in [0.29, 0.717) is 6.61 Å². The summed E-state index contributed by atoms with van der Waals surface area (Å²) in [6.45, 7) is 1.61. The quantitative estimate of drug-likeness (QED) is 0.293. The fourth-order valence-corrected chi connectivity index (χ4v) is 0.892. The van der Waals surface area contributed by atoms with Crippen molar-refractivity contribution in [2.45, 2.75) is 12.7 Å². The zero-order chi connectivity index (χ0) is 9.61. The summed E-state index contributed by atoms with van der Waals surface area (Å²) in [4.78, 5) is 0. The Kier molecular flexibility index (Phi) is 5.84. The van der Waals surface area contributed by atoms with Gasteiger partial charge in [0.25, 0.3) is 0 Å². The van der Waals surface area contributed by atoms with Crippen molar-refractivity contribution in [3.05, 3.63) is 0 Å². The molecule has 0 bridgehead atoms. The van der Waals surface area contributed by atoms with E-state index in [1.165, 1.54) is 0 Å². The predicted molar refractivity (Wildman–Crippen MR) is 50.2 cm³/mol. The molecule has 3 nitrogen and oxygen atoms in total. The molecule has 1 atom stereocenters. The number of alkyl halides is 1. The lowest BCUT2D eigenvalue weighted by Gasteiger charge is -2.23. The van der Waals surface area contributed by atoms with Gasteiger partial charge in [-0.3, -0.25) is 0 Å². The smallest absolute Gasteiger partial charge is 0.168 e. The number of rotatable bonds is 6. The Morgan fingerprint density at radius 1 is 1.42 bits per heavy atom. The summed E-state index contributed by atoms with van der Waals surface area (Å²) in [5, 5.41) is 8.93. The fourth-order valence-electron chi connectivity index (χ4n) is 0.803. The van der Waals surface area contributed by atoms with Crippen LogP contribution in [0.15, 0.2) is 0 Å². The van der Waals surface area contributed by atoms with Gasteiger partial charge in [-0.2, -0.15) is 0 Å². The van der Waals surface area contributed by atoms with Gasteiger partial charge in [0.2, 0.25) is 0 Å². The van der Waals surface area contributed by atoms with Crippen LogP contribution in [0.1, 0.15) is 6.42 Å². The molecule has 0 aliphatic rings. The minimum atomic E-state index is -0.806. The standard InChI is InChI=1S/C8H19ClNO2/c1-10(2,3)5-4-6-12-8(11)7-9/h8,11H,4-7H2,1-3H3/q+1. The van der Waals surface area contributed by atoms with Gasteiger partial charge in [-0.15, -0.1) is 11.6 Å². The third kappa shape index (κ3) is 8.27. The summed E-state index contributed by atoms with van der Waals surface area (Å²) in [6.07, 6.45) is 0.136. The summed E-state index contributed by atoms with van der Waals surface area (Å²) in [7, 11) is 6.37. The van der Waals surface area contributed by atoms with Crippen LogP contribution in [0.2, 0.25) is 0 Å². The Morgan fingerprint density at radius 2 is 2.00 bits per heavy atom. The highest BCUT2D eigenvalue weighted by molar-refractivity contribution is 6.18. The SMILES string of the molecule is C[N+](C)(C)CCCOC(O)CCl. The zero-order valence-corrected chi connectivity index (χ0v) is 8.84. The van der Waals surface area contributed by atoms with E-state index in [9.17, 15) is 0 Å². The van der Waals surface area contributed by atoms with Crippen molar-refractivity contribution < 1.29 is 14.3 Å². The van der Waals surface area contributed by atoms with Crippen LogP contribution in [0.25, 0.3) is 0 Å². The topological polar surface area (TPSA) is 29.5 Å². The molecule has 12 heavy (non-hydrogen) atoms. The van der Waals surface area contributed by atoms with E-state index < -0.39 is 6.29 Å². The first-order valence-corrected chi connectivity index (χ1v) is 4.65. The maximum atomic E-state index is 8.93. The minimum Gasteiger partial charge on any atom is -0.367 e. The van der Waals surface area contributed by atoms with Gasteiger partial charge < -0.3 is 14.3 Å². The van der Waals surface area contributed by atoms with E-state index in [1.807, 2.05) is 0 Å². The minimum absolute atomic E-state index is 0.143. The molecule has 0 radical (unpaired) electrons. The van der Waals surface area contributed by atoms with Crippen molar-refractivity contribution in [1.29, 1.82) is 0 Å². The summed E-state index contributed by atoms with van der Waals surface area (Å²) < 4.78 is 5.92. The Morgan fingerprint density at radius 3 is 2.42 bits per heavy atom. The molecule has 0 spiro atoms. The number of hydrogen-bond donors (Lipinski definition) is 1. The lowest BCUT2D eigenvalue weighted by atomic mass is 10.4. The third-order valence-electron chi connectivity index (χ3n) is 1.42. The van der Waals surface area contributed by atoms with Gasteiger partial charge >= 0.3 is 0 Å². The van der Waals surface area contributed by atoms with Gasteiger partial charge in [0.05, 0.1) is 40.2 Å². The van der Waals surface area contributed by atoms with Crippen LogP contribution in [0, 0.1) is 0 Å². The summed E-state index contributed by atoms with van der Waals surface area (Å²) >= 11 is 5.34. The van der Waals surface area contributed by atoms with Crippen LogP contribution in [-0.2, 0) is 4.74 Å². The molecule has 0 aromatic carbocycles. The molecule has 0 amide bonds. The van der Waals surface area contributed by atoms with Gasteiger partial charge in [-0.25, -0.2) is 0 Å². The van der Waals surface area contributed by atoms with Gasteiger partial charge in [0.1, 0.15) is 0 Å². The van der Waals surface area contributed by atoms with Gasteiger partial charge in [-0.05, 0) is 0 Å². The van der Waals surface area contributed by atoms with E-state index in [1.54, 1.807) is 0 Å². The van der Waals surface area contributed by atoms with Crippen LogP contribution in [0.4, 0.5) is 0 Å². The van der Waals surface area contributed by atoms with E-state index in [2.05, 4.69) is 21.1 Å². The van der Waals surface area contributed by atoms with Gasteiger partial charge in [-0.1, -0.05) is 0 Å². The number of nitrogens with zero attached hydrogens (tertiary/aromatic N) is 1. The molecule has 0 aliphatic carbocycles. The number of halogens is 1. The molecule has 0 aromatic rings. The third-order valence-corrected chi connectivity index (χ3v) is 1.68. The van der Waals surface area contributed by atoms with E-state index in [0.717, 1.165) is 17.4 Å². The van der Waals surface area contributed by atoms with Crippen molar-refractivity contribution in [2.75, 3.05) is 40.2 Å². The van der Waals surface area contributed by atoms with Crippen LogP contribution < -0.4 is 0 Å². The molecular weight excluding hydrogens is 178 g/mol. The molecule has 1 unspecified atom stereocenters. The monoisotopic (exact) mass is 196 g/mol. The first kappa shape index (κ1) is 12.2. The average Bonchev–Trinajstić information content (AvgIpc) is 1.96. The Labute approximate surface area is 79.5 Å². The van der Waals surface area contributed by atoms with Crippen LogP contribution >= 0.6 is 11.6 Å². The summed E-state index contributed by atoms with van der Waals surface area (Å²) in [6, 6.07) is 0. The molecule has 0 heterocycles. The highest BCUT2D eigenvalue weighted by atomic mass is 35.5. The highest BCUT2D eigenvalue weighted by Gasteiger charge is 2.07. The number of ether oxygens (including phenoxy) is 1. The molecule has 0 saturated carbocycles. The Hall–Kier alpha value is 0.170. The van der Waals surface area contributed by atoms with E-state index >= 15 is 0 Å². The van der Waals surface area contributed by atoms with Crippen molar-refractivity contribution in [3.63, 3.8) is 0 Å². The molecule has 0 rings (SSSR count). The molecule has 0 saturated heterocycles. The first-order valence-electron chi connectivity index (χ1n) is 4.12. The van der Waals surface area contributed by atoms with Gasteiger partial charge in [0, 0.05) is 6.42 Å². The summed E-state index contributed by atoms with van der Waals surface area (Å²) in [5.74, 6) is 0.143. The second-order valence-electron chi connectivity index (χ2n) is 3.85. The largest absolute Gasteiger partial charge is 0.367 e. The van der Waals surface area contributed by atoms with E-state index in [-0.39, 0.29) is 5.88 Å². The van der Waals surface area contributed by atoms with Crippen LogP contribution in [0.3, 0.4) is 0 Å². The van der Waals surface area contributed by atoms with Crippen molar-refractivity contribution >= 4 is 11.6 Å². The van der Waals surface area contributed by atoms with Gasteiger partial charge in [0.15, 0.2) is 6.29 Å². The predicted octanol–water partition coefficient (Wildman–Crippen LogP) is 0.656. The molecule has 0 aromatic heterocycles. The molecule has 4 heteroatoms. The highest BCUT2D eigenvalue weighted by Crippen LogP contribution is 1.96. The maximum absolute atomic E-state index is 8.93. The number of quaternary nitrogens is 1. The van der Waals surface area contributed by atoms with Crippen molar-refractivity contribution in [2.24, 2.45) is 0 Å². The van der Waals surface area contributed by atoms with Crippen LogP contribution in [-0.4, -0.2) is 56.1 Å². The van der Waals surface area contributed by atoms with E-state index in [4.69, 9.17) is 21.4 Å². The second kappa shape index (κ2) is 5.75. The van der Waals surface area contributed by atoms with Crippen LogP contribution in [0.5, 0.6) is 0 Å². The average molecular weight is 197 g/mol. The fraction of sp³-hybridized carbons (Fsp3) is 1.00. The molecular formula is C8H19ClNO2+. The number of hydrogen-bond acceptors (Lipinski definition) is 2. The lowest BCUT2D eigenvalue weighted by Crippen LogP contribution is -2.36. The maximum Gasteiger partial charge on any atom is 0.168 e. The second-order valence-corrected chi connectivity index (χ2v) is 4.16. The number of aliphatic hydroxyl groups excluding tert-OH is 1. The number of aliphatic hydroxyl groups is 1. The zero-order valence-electron chi connectivity index (χ0n) is 8.09.